The van der Waals surface area contributed by atoms with E-state index in [9.17, 15) is 4.39 Å². The first-order valence-corrected chi connectivity index (χ1v) is 4.79. The lowest BCUT2D eigenvalue weighted by molar-refractivity contribution is 0.401. The molecule has 1 unspecified atom stereocenters. The summed E-state index contributed by atoms with van der Waals surface area (Å²) in [6, 6.07) is 0. The lowest BCUT2D eigenvalue weighted by Gasteiger charge is -2.17. The molecule has 4 heteroatoms. The summed E-state index contributed by atoms with van der Waals surface area (Å²) in [6.07, 6.45) is 1.32. The summed E-state index contributed by atoms with van der Waals surface area (Å²) in [6.45, 7) is 3.95. The number of halogens is 1. The number of rotatable bonds is 1. The van der Waals surface area contributed by atoms with Crippen LogP contribution in [0, 0.1) is 5.92 Å². The van der Waals surface area contributed by atoms with E-state index in [1.807, 2.05) is 19.9 Å². The number of anilines is 1. The van der Waals surface area contributed by atoms with E-state index in [4.69, 9.17) is 5.73 Å². The molecule has 0 radical (unpaired) electrons. The maximum absolute atomic E-state index is 13.7. The standard InChI is InChI=1S/C10H14FN3/c1-5(2)8-6(11)3-4-7-9(8)10(12)14-13-7/h4-6,13H,3H2,1-2H3,(H2,12,14). The Hall–Kier alpha value is -1.32. The highest BCUT2D eigenvalue weighted by molar-refractivity contribution is 5.60. The number of aromatic amines is 1. The Labute approximate surface area is 81.5 Å². The van der Waals surface area contributed by atoms with Gasteiger partial charge in [-0.05, 0) is 11.5 Å². The van der Waals surface area contributed by atoms with Crippen molar-refractivity contribution in [3.05, 3.63) is 10.6 Å². The molecule has 3 N–H and O–H groups in total. The summed E-state index contributed by atoms with van der Waals surface area (Å²) in [5.41, 5.74) is 6.47. The number of nitrogens with zero attached hydrogens (tertiary/aromatic N) is 1. The number of nitrogens with two attached hydrogens (primary N) is 1. The average molecular weight is 195 g/mol. The molecule has 0 saturated heterocycles. The molecule has 1 aliphatic carbocycles. The van der Waals surface area contributed by atoms with Crippen LogP contribution in [-0.4, -0.2) is 16.4 Å². The Morgan fingerprint density at radius 3 is 3.00 bits per heavy atom. The van der Waals surface area contributed by atoms with Gasteiger partial charge in [-0.2, -0.15) is 5.10 Å². The monoisotopic (exact) mass is 195 g/mol. The van der Waals surface area contributed by atoms with Crippen molar-refractivity contribution in [2.45, 2.75) is 26.4 Å². The molecule has 0 amide bonds. The Morgan fingerprint density at radius 1 is 1.64 bits per heavy atom. The van der Waals surface area contributed by atoms with Gasteiger partial charge in [-0.15, -0.1) is 0 Å². The van der Waals surface area contributed by atoms with Crippen molar-refractivity contribution in [1.29, 1.82) is 0 Å². The SMILES string of the molecule is CC(C)C1=c2c(N)n[nH]c2=CCC1F. The minimum Gasteiger partial charge on any atom is -0.382 e. The normalized spacial score (nSPS) is 20.9. The highest BCUT2D eigenvalue weighted by atomic mass is 19.1. The third-order valence-corrected chi connectivity index (χ3v) is 2.60. The van der Waals surface area contributed by atoms with Gasteiger partial charge in [0.25, 0.3) is 0 Å². The zero-order chi connectivity index (χ0) is 10.3. The molecule has 1 heterocycles. The minimum atomic E-state index is -0.914. The summed E-state index contributed by atoms with van der Waals surface area (Å²) in [4.78, 5) is 0. The molecular formula is C10H14FN3. The van der Waals surface area contributed by atoms with Gasteiger partial charge in [0.1, 0.15) is 6.17 Å². The van der Waals surface area contributed by atoms with Gasteiger partial charge in [0.2, 0.25) is 0 Å². The van der Waals surface area contributed by atoms with Crippen LogP contribution in [-0.2, 0) is 0 Å². The fourth-order valence-electron chi connectivity index (χ4n) is 1.98. The molecule has 0 fully saturated rings. The Balaban J connectivity index is 2.82. The van der Waals surface area contributed by atoms with Crippen molar-refractivity contribution in [2.24, 2.45) is 5.92 Å². The summed E-state index contributed by atoms with van der Waals surface area (Å²) in [5, 5.41) is 8.35. The van der Waals surface area contributed by atoms with Crippen LogP contribution in [0.3, 0.4) is 0 Å². The Morgan fingerprint density at radius 2 is 2.36 bits per heavy atom. The molecule has 14 heavy (non-hydrogen) atoms. The van der Waals surface area contributed by atoms with Crippen LogP contribution in [0.2, 0.25) is 0 Å². The average Bonchev–Trinajstić information content (AvgIpc) is 2.47. The topological polar surface area (TPSA) is 54.7 Å². The summed E-state index contributed by atoms with van der Waals surface area (Å²) >= 11 is 0. The Kier molecular flexibility index (Phi) is 2.06. The van der Waals surface area contributed by atoms with Crippen LogP contribution < -0.4 is 16.3 Å². The summed E-state index contributed by atoms with van der Waals surface area (Å²) in [5.74, 6) is 0.569. The highest BCUT2D eigenvalue weighted by Crippen LogP contribution is 2.21. The first-order chi connectivity index (χ1) is 6.61. The van der Waals surface area contributed by atoms with Crippen LogP contribution in [0.15, 0.2) is 0 Å². The predicted octanol–water partition coefficient (Wildman–Crippen LogP) is 0.321. The number of hydrogen-bond donors (Lipinski definition) is 2. The molecule has 0 aromatic carbocycles. The van der Waals surface area contributed by atoms with E-state index in [0.717, 1.165) is 16.1 Å². The van der Waals surface area contributed by atoms with E-state index in [-0.39, 0.29) is 5.92 Å². The molecule has 0 aliphatic heterocycles. The molecule has 2 rings (SSSR count). The largest absolute Gasteiger partial charge is 0.382 e. The summed E-state index contributed by atoms with van der Waals surface area (Å²) in [7, 11) is 0. The minimum absolute atomic E-state index is 0.164. The number of alkyl halides is 1. The third-order valence-electron chi connectivity index (χ3n) is 2.60. The molecule has 0 saturated carbocycles. The van der Waals surface area contributed by atoms with Gasteiger partial charge < -0.3 is 5.73 Å². The molecule has 1 atom stereocenters. The van der Waals surface area contributed by atoms with E-state index >= 15 is 0 Å². The molecule has 1 aromatic rings. The molecular weight excluding hydrogens is 181 g/mol. The van der Waals surface area contributed by atoms with Gasteiger partial charge in [-0.3, -0.25) is 5.10 Å². The molecule has 3 nitrogen and oxygen atoms in total. The second-order valence-corrected chi connectivity index (χ2v) is 3.91. The fourth-order valence-corrected chi connectivity index (χ4v) is 1.98. The molecule has 1 aromatic heterocycles. The third kappa shape index (κ3) is 1.22. The van der Waals surface area contributed by atoms with E-state index in [0.29, 0.717) is 12.2 Å². The van der Waals surface area contributed by atoms with Gasteiger partial charge >= 0.3 is 0 Å². The van der Waals surface area contributed by atoms with Crippen LogP contribution in [0.1, 0.15) is 20.3 Å². The first-order valence-electron chi connectivity index (χ1n) is 4.79. The van der Waals surface area contributed by atoms with Crippen LogP contribution in [0.5, 0.6) is 0 Å². The number of H-pyrrole nitrogens is 1. The van der Waals surface area contributed by atoms with Crippen molar-refractivity contribution < 1.29 is 4.39 Å². The zero-order valence-electron chi connectivity index (χ0n) is 8.34. The van der Waals surface area contributed by atoms with Gasteiger partial charge in [0, 0.05) is 11.6 Å². The van der Waals surface area contributed by atoms with Crippen molar-refractivity contribution in [3.63, 3.8) is 0 Å². The van der Waals surface area contributed by atoms with E-state index in [2.05, 4.69) is 10.2 Å². The quantitative estimate of drug-likeness (QED) is 0.678. The zero-order valence-corrected chi connectivity index (χ0v) is 8.34. The van der Waals surface area contributed by atoms with Crippen LogP contribution >= 0.6 is 0 Å². The lowest BCUT2D eigenvalue weighted by Crippen LogP contribution is -2.35. The summed E-state index contributed by atoms with van der Waals surface area (Å²) < 4.78 is 13.7. The number of nitrogens with one attached hydrogen (secondary N) is 1. The number of nitrogen functional groups attached to an aromatic ring is 1. The van der Waals surface area contributed by atoms with Crippen LogP contribution in [0.4, 0.5) is 10.2 Å². The Bertz CT molecular complexity index is 458. The number of fused-ring (bicyclic) bond motifs is 1. The second-order valence-electron chi connectivity index (χ2n) is 3.91. The molecule has 0 bridgehead atoms. The lowest BCUT2D eigenvalue weighted by atomic mass is 9.92. The van der Waals surface area contributed by atoms with E-state index in [1.54, 1.807) is 0 Å². The maximum atomic E-state index is 13.7. The van der Waals surface area contributed by atoms with Crippen molar-refractivity contribution >= 4 is 17.5 Å². The van der Waals surface area contributed by atoms with E-state index < -0.39 is 6.17 Å². The molecule has 1 aliphatic rings. The second kappa shape index (κ2) is 3.12. The highest BCUT2D eigenvalue weighted by Gasteiger charge is 2.21. The van der Waals surface area contributed by atoms with Gasteiger partial charge in [-0.25, -0.2) is 4.39 Å². The van der Waals surface area contributed by atoms with Gasteiger partial charge in [0.05, 0.1) is 5.35 Å². The van der Waals surface area contributed by atoms with Crippen molar-refractivity contribution in [2.75, 3.05) is 5.73 Å². The fraction of sp³-hybridized carbons (Fsp3) is 0.500. The number of hydrogen-bond acceptors (Lipinski definition) is 2. The molecule has 76 valence electrons. The van der Waals surface area contributed by atoms with Crippen molar-refractivity contribution in [1.82, 2.24) is 10.2 Å². The molecule has 0 spiro atoms. The van der Waals surface area contributed by atoms with E-state index in [1.165, 1.54) is 0 Å². The maximum Gasteiger partial charge on any atom is 0.153 e. The van der Waals surface area contributed by atoms with Crippen molar-refractivity contribution in [3.8, 4) is 0 Å². The first kappa shape index (κ1) is 9.24. The smallest absolute Gasteiger partial charge is 0.153 e. The number of aromatic nitrogens is 2. The van der Waals surface area contributed by atoms with Gasteiger partial charge in [0.15, 0.2) is 5.82 Å². The van der Waals surface area contributed by atoms with Gasteiger partial charge in [-0.1, -0.05) is 19.9 Å². The predicted molar refractivity (Wildman–Crippen MR) is 54.5 cm³/mol. The van der Waals surface area contributed by atoms with Crippen LogP contribution in [0.25, 0.3) is 11.6 Å².